The molecule has 2 nitrogen and oxygen atoms in total. The fourth-order valence-corrected chi connectivity index (χ4v) is 2.61. The average molecular weight is 300 g/mol. The number of benzene rings is 2. The van der Waals surface area contributed by atoms with Crippen molar-refractivity contribution in [3.63, 3.8) is 0 Å². The molecule has 0 bridgehead atoms. The van der Waals surface area contributed by atoms with E-state index in [1.165, 1.54) is 4.90 Å². The highest BCUT2D eigenvalue weighted by molar-refractivity contribution is 7.99. The van der Waals surface area contributed by atoms with Gasteiger partial charge in [0.15, 0.2) is 5.78 Å². The summed E-state index contributed by atoms with van der Waals surface area (Å²) in [6.07, 6.45) is 0. The Kier molecular flexibility index (Phi) is 5.45. The molecule has 110 valence electrons. The smallest absolute Gasteiger partial charge is 0.159 e. The molecule has 0 fully saturated rings. The molecule has 0 aromatic heterocycles. The number of carbonyl (C=O) groups is 1. The summed E-state index contributed by atoms with van der Waals surface area (Å²) in [5, 5.41) is 0. The van der Waals surface area contributed by atoms with E-state index in [2.05, 4.69) is 26.0 Å². The zero-order valence-corrected chi connectivity index (χ0v) is 13.4. The highest BCUT2D eigenvalue weighted by atomic mass is 32.2. The first-order valence-electron chi connectivity index (χ1n) is 7.06. The number of thioether (sulfide) groups is 1. The molecular weight excluding hydrogens is 280 g/mol. The van der Waals surface area contributed by atoms with Crippen molar-refractivity contribution in [2.75, 3.05) is 5.75 Å². The van der Waals surface area contributed by atoms with Crippen molar-refractivity contribution in [1.29, 1.82) is 0 Å². The molecule has 21 heavy (non-hydrogen) atoms. The predicted octanol–water partition coefficient (Wildman–Crippen LogP) is 5.43. The van der Waals surface area contributed by atoms with Gasteiger partial charge in [-0.2, -0.15) is 0 Å². The molecule has 0 heterocycles. The first kappa shape index (κ1) is 15.6. The molecular formula is C18H20O2S. The number of ketones is 1. The molecule has 3 heteroatoms. The van der Waals surface area contributed by atoms with Gasteiger partial charge in [-0.25, -0.2) is 0 Å². The summed E-state index contributed by atoms with van der Waals surface area (Å²) in [6.45, 7) is 5.99. The van der Waals surface area contributed by atoms with E-state index in [1.807, 2.05) is 36.0 Å². The molecule has 0 saturated carbocycles. The molecule has 0 N–H and O–H groups in total. The summed E-state index contributed by atoms with van der Waals surface area (Å²) in [5.74, 6) is 3.41. The molecule has 0 radical (unpaired) electrons. The highest BCUT2D eigenvalue weighted by Gasteiger charge is 2.02. The summed E-state index contributed by atoms with van der Waals surface area (Å²) in [7, 11) is 0. The second-order valence-electron chi connectivity index (χ2n) is 5.36. The molecule has 0 saturated heterocycles. The van der Waals surface area contributed by atoms with Gasteiger partial charge < -0.3 is 4.74 Å². The number of hydrogen-bond donors (Lipinski definition) is 0. The number of rotatable bonds is 6. The van der Waals surface area contributed by atoms with Gasteiger partial charge in [-0.05, 0) is 61.4 Å². The fourth-order valence-electron chi connectivity index (χ4n) is 1.76. The lowest BCUT2D eigenvalue weighted by Crippen LogP contribution is -1.92. The molecule has 2 aromatic carbocycles. The van der Waals surface area contributed by atoms with Crippen LogP contribution in [-0.4, -0.2) is 11.5 Å². The third-order valence-electron chi connectivity index (χ3n) is 2.90. The number of Topliss-reactive ketones (excluding diaryl/α,β-unsaturated/α-hetero) is 1. The first-order valence-corrected chi connectivity index (χ1v) is 8.05. The molecule has 0 aliphatic rings. The molecule has 2 aromatic rings. The summed E-state index contributed by atoms with van der Waals surface area (Å²) < 4.78 is 5.77. The van der Waals surface area contributed by atoms with Crippen molar-refractivity contribution in [3.05, 3.63) is 54.1 Å². The summed E-state index contributed by atoms with van der Waals surface area (Å²) in [4.78, 5) is 12.5. The third-order valence-corrected chi connectivity index (χ3v) is 4.34. The topological polar surface area (TPSA) is 26.3 Å². The molecule has 2 rings (SSSR count). The monoisotopic (exact) mass is 300 g/mol. The Bertz CT molecular complexity index is 586. The van der Waals surface area contributed by atoms with E-state index in [0.29, 0.717) is 11.5 Å². The Balaban J connectivity index is 1.98. The van der Waals surface area contributed by atoms with Crippen LogP contribution >= 0.6 is 11.8 Å². The van der Waals surface area contributed by atoms with Crippen molar-refractivity contribution in [1.82, 2.24) is 0 Å². The van der Waals surface area contributed by atoms with Crippen LogP contribution in [0.2, 0.25) is 0 Å². The Morgan fingerprint density at radius 1 is 1.00 bits per heavy atom. The van der Waals surface area contributed by atoms with Crippen LogP contribution < -0.4 is 4.74 Å². The number of hydrogen-bond acceptors (Lipinski definition) is 3. The van der Waals surface area contributed by atoms with Gasteiger partial charge in [0, 0.05) is 16.2 Å². The summed E-state index contributed by atoms with van der Waals surface area (Å²) in [6, 6.07) is 15.3. The zero-order valence-electron chi connectivity index (χ0n) is 12.6. The van der Waals surface area contributed by atoms with Crippen LogP contribution in [-0.2, 0) is 0 Å². The van der Waals surface area contributed by atoms with Crippen LogP contribution in [0.15, 0.2) is 53.4 Å². The van der Waals surface area contributed by atoms with Crippen LogP contribution in [0.5, 0.6) is 11.5 Å². The van der Waals surface area contributed by atoms with E-state index in [1.54, 1.807) is 19.1 Å². The maximum absolute atomic E-state index is 11.2. The molecule has 0 amide bonds. The lowest BCUT2D eigenvalue weighted by molar-refractivity contribution is 0.101. The maximum atomic E-state index is 11.2. The van der Waals surface area contributed by atoms with Crippen LogP contribution in [0, 0.1) is 5.92 Å². The standard InChI is InChI=1S/C18H20O2S/c1-13(2)12-21-18-10-8-17(9-11-18)20-16-6-4-15(5-7-16)14(3)19/h4-11,13H,12H2,1-3H3. The van der Waals surface area contributed by atoms with Gasteiger partial charge in [0.25, 0.3) is 0 Å². The third kappa shape index (κ3) is 4.94. The highest BCUT2D eigenvalue weighted by Crippen LogP contribution is 2.26. The fraction of sp³-hybridized carbons (Fsp3) is 0.278. The predicted molar refractivity (Wildman–Crippen MR) is 88.5 cm³/mol. The summed E-state index contributed by atoms with van der Waals surface area (Å²) >= 11 is 1.86. The van der Waals surface area contributed by atoms with E-state index >= 15 is 0 Å². The second kappa shape index (κ2) is 7.32. The zero-order chi connectivity index (χ0) is 15.2. The average Bonchev–Trinajstić information content (AvgIpc) is 2.47. The lowest BCUT2D eigenvalue weighted by Gasteiger charge is -2.08. The van der Waals surface area contributed by atoms with Crippen molar-refractivity contribution in [3.8, 4) is 11.5 Å². The Hall–Kier alpha value is -1.74. The van der Waals surface area contributed by atoms with E-state index in [0.717, 1.165) is 17.3 Å². The summed E-state index contributed by atoms with van der Waals surface area (Å²) in [5.41, 5.74) is 0.697. The Labute approximate surface area is 130 Å². The first-order chi connectivity index (χ1) is 10.0. The minimum absolute atomic E-state index is 0.0630. The van der Waals surface area contributed by atoms with E-state index < -0.39 is 0 Å². The van der Waals surface area contributed by atoms with Gasteiger partial charge in [0.05, 0.1) is 0 Å². The van der Waals surface area contributed by atoms with Gasteiger partial charge >= 0.3 is 0 Å². The maximum Gasteiger partial charge on any atom is 0.159 e. The molecule has 0 atom stereocenters. The minimum Gasteiger partial charge on any atom is -0.457 e. The second-order valence-corrected chi connectivity index (χ2v) is 6.45. The lowest BCUT2D eigenvalue weighted by atomic mass is 10.1. The van der Waals surface area contributed by atoms with Crippen LogP contribution in [0.25, 0.3) is 0 Å². The minimum atomic E-state index is 0.0630. The molecule has 0 unspecified atom stereocenters. The normalized spacial score (nSPS) is 10.7. The Morgan fingerprint density at radius 3 is 2.00 bits per heavy atom. The number of carbonyl (C=O) groups excluding carboxylic acids is 1. The van der Waals surface area contributed by atoms with Gasteiger partial charge in [0.1, 0.15) is 11.5 Å². The van der Waals surface area contributed by atoms with E-state index in [9.17, 15) is 4.79 Å². The molecule has 0 spiro atoms. The van der Waals surface area contributed by atoms with Crippen molar-refractivity contribution >= 4 is 17.5 Å². The van der Waals surface area contributed by atoms with Crippen molar-refractivity contribution in [2.45, 2.75) is 25.7 Å². The Morgan fingerprint density at radius 2 is 1.52 bits per heavy atom. The molecule has 0 aliphatic carbocycles. The quantitative estimate of drug-likeness (QED) is 0.525. The number of ether oxygens (including phenoxy) is 1. The van der Waals surface area contributed by atoms with E-state index in [4.69, 9.17) is 4.74 Å². The SMILES string of the molecule is CC(=O)c1ccc(Oc2ccc(SCC(C)C)cc2)cc1. The van der Waals surface area contributed by atoms with Gasteiger partial charge in [-0.1, -0.05) is 13.8 Å². The van der Waals surface area contributed by atoms with Gasteiger partial charge in [-0.3, -0.25) is 4.79 Å². The van der Waals surface area contributed by atoms with Gasteiger partial charge in [-0.15, -0.1) is 11.8 Å². The largest absolute Gasteiger partial charge is 0.457 e. The van der Waals surface area contributed by atoms with Crippen LogP contribution in [0.1, 0.15) is 31.1 Å². The van der Waals surface area contributed by atoms with Crippen LogP contribution in [0.4, 0.5) is 0 Å². The van der Waals surface area contributed by atoms with Crippen molar-refractivity contribution in [2.24, 2.45) is 5.92 Å². The van der Waals surface area contributed by atoms with Crippen LogP contribution in [0.3, 0.4) is 0 Å². The van der Waals surface area contributed by atoms with E-state index in [-0.39, 0.29) is 5.78 Å². The van der Waals surface area contributed by atoms with Gasteiger partial charge in [0.2, 0.25) is 0 Å². The van der Waals surface area contributed by atoms with Crippen molar-refractivity contribution < 1.29 is 9.53 Å². The molecule has 0 aliphatic heterocycles.